The van der Waals surface area contributed by atoms with Crippen molar-refractivity contribution < 1.29 is 19.1 Å². The number of aromatic nitrogens is 2. The van der Waals surface area contributed by atoms with Crippen LogP contribution in [-0.2, 0) is 14.4 Å². The van der Waals surface area contributed by atoms with Gasteiger partial charge in [-0.15, -0.1) is 0 Å². The number of carbonyl (C=O) groups is 3. The van der Waals surface area contributed by atoms with E-state index in [1.807, 2.05) is 20.8 Å². The van der Waals surface area contributed by atoms with E-state index in [0.717, 1.165) is 18.8 Å². The minimum Gasteiger partial charge on any atom is -0.494 e. The molecule has 4 N–H and O–H groups in total. The van der Waals surface area contributed by atoms with Crippen LogP contribution >= 0.6 is 0 Å². The molecule has 2 aliphatic heterocycles. The van der Waals surface area contributed by atoms with Gasteiger partial charge in [0.25, 0.3) is 0 Å². The number of piperidine rings is 1. The molecule has 1 aromatic heterocycles. The van der Waals surface area contributed by atoms with Gasteiger partial charge in [0, 0.05) is 30.2 Å². The zero-order chi connectivity index (χ0) is 34.6. The van der Waals surface area contributed by atoms with Gasteiger partial charge in [-0.3, -0.25) is 14.4 Å². The van der Waals surface area contributed by atoms with Crippen LogP contribution in [0, 0.1) is 5.41 Å². The molecule has 0 aliphatic carbocycles. The first-order chi connectivity index (χ1) is 22.9. The average Bonchev–Trinajstić information content (AvgIpc) is 3.57. The van der Waals surface area contributed by atoms with Gasteiger partial charge in [-0.25, -0.2) is 9.97 Å². The van der Waals surface area contributed by atoms with Crippen molar-refractivity contribution in [1.82, 2.24) is 30.4 Å². The molecule has 3 amide bonds. The molecule has 3 aromatic rings. The fourth-order valence-electron chi connectivity index (χ4n) is 6.60. The molecular weight excluding hydrogens is 608 g/mol. The van der Waals surface area contributed by atoms with Crippen LogP contribution in [0.25, 0.3) is 10.9 Å². The second-order valence-electron chi connectivity index (χ2n) is 14.1. The summed E-state index contributed by atoms with van der Waals surface area (Å²) in [6.07, 6.45) is 5.08. The van der Waals surface area contributed by atoms with E-state index in [1.165, 1.54) is 31.8 Å². The number of nitrogens with zero attached hydrogens (tertiary/aromatic N) is 4. The number of likely N-dealkylation sites (tertiary alicyclic amines) is 2. The van der Waals surface area contributed by atoms with Crippen LogP contribution in [0.3, 0.4) is 0 Å². The van der Waals surface area contributed by atoms with E-state index in [4.69, 9.17) is 4.74 Å². The Bertz CT molecular complexity index is 1620. The molecule has 4 unspecified atom stereocenters. The Morgan fingerprint density at radius 3 is 2.42 bits per heavy atom. The average molecular weight is 659 g/mol. The third-order valence-electron chi connectivity index (χ3n) is 9.55. The highest BCUT2D eigenvalue weighted by molar-refractivity contribution is 6.03. The minimum absolute atomic E-state index is 0.272. The highest BCUT2D eigenvalue weighted by Crippen LogP contribution is 2.35. The van der Waals surface area contributed by atoms with Crippen molar-refractivity contribution in [1.29, 1.82) is 0 Å². The number of carbonyl (C=O) groups excluding carboxylic acids is 3. The van der Waals surface area contributed by atoms with Crippen LogP contribution in [-0.4, -0.2) is 96.5 Å². The number of anilines is 3. The summed E-state index contributed by atoms with van der Waals surface area (Å²) in [6.45, 7) is 10.1. The molecule has 3 heterocycles. The normalized spacial score (nSPS) is 19.9. The van der Waals surface area contributed by atoms with Crippen LogP contribution in [0.2, 0.25) is 0 Å². The van der Waals surface area contributed by atoms with E-state index >= 15 is 0 Å². The number of methoxy groups -OCH3 is 1. The van der Waals surface area contributed by atoms with Crippen LogP contribution in [0.1, 0.15) is 64.9 Å². The predicted molar refractivity (Wildman–Crippen MR) is 189 cm³/mol. The summed E-state index contributed by atoms with van der Waals surface area (Å²) in [5.41, 5.74) is 2.77. The summed E-state index contributed by atoms with van der Waals surface area (Å²) < 4.78 is 5.65. The minimum atomic E-state index is -0.798. The van der Waals surface area contributed by atoms with E-state index in [0.29, 0.717) is 53.5 Å². The van der Waals surface area contributed by atoms with Crippen LogP contribution < -0.4 is 26.0 Å². The van der Waals surface area contributed by atoms with Crippen molar-refractivity contribution in [3.8, 4) is 5.75 Å². The number of ether oxygens (including phenoxy) is 1. The summed E-state index contributed by atoms with van der Waals surface area (Å²) in [4.78, 5) is 53.5. The van der Waals surface area contributed by atoms with Gasteiger partial charge in [0.2, 0.25) is 17.7 Å². The fraction of sp³-hybridized carbons (Fsp3) is 0.528. The summed E-state index contributed by atoms with van der Waals surface area (Å²) >= 11 is 0. The molecule has 12 nitrogen and oxygen atoms in total. The zero-order valence-corrected chi connectivity index (χ0v) is 29.2. The molecule has 0 bridgehead atoms. The lowest BCUT2D eigenvalue weighted by Crippen LogP contribution is -2.59. The summed E-state index contributed by atoms with van der Waals surface area (Å²) in [7, 11) is 5.41. The first-order valence-electron chi connectivity index (χ1n) is 16.9. The molecule has 0 saturated carbocycles. The lowest BCUT2D eigenvalue weighted by atomic mass is 9.85. The second kappa shape index (κ2) is 14.9. The van der Waals surface area contributed by atoms with Gasteiger partial charge in [0.15, 0.2) is 0 Å². The molecule has 0 spiro atoms. The summed E-state index contributed by atoms with van der Waals surface area (Å²) in [5, 5.41) is 13.0. The topological polar surface area (TPSA) is 141 Å². The molecule has 2 aromatic carbocycles. The molecule has 2 fully saturated rings. The highest BCUT2D eigenvalue weighted by Gasteiger charge is 2.42. The molecule has 2 saturated heterocycles. The quantitative estimate of drug-likeness (QED) is 0.252. The van der Waals surface area contributed by atoms with Crippen LogP contribution in [0.5, 0.6) is 5.75 Å². The third kappa shape index (κ3) is 7.87. The largest absolute Gasteiger partial charge is 0.494 e. The third-order valence-corrected chi connectivity index (χ3v) is 9.55. The summed E-state index contributed by atoms with van der Waals surface area (Å²) in [6, 6.07) is 10.1. The fourth-order valence-corrected chi connectivity index (χ4v) is 6.60. The molecule has 48 heavy (non-hydrogen) atoms. The van der Waals surface area contributed by atoms with Crippen molar-refractivity contribution >= 4 is 45.8 Å². The van der Waals surface area contributed by atoms with E-state index in [2.05, 4.69) is 67.4 Å². The van der Waals surface area contributed by atoms with E-state index in [-0.39, 0.29) is 17.7 Å². The molecule has 258 valence electrons. The lowest BCUT2D eigenvalue weighted by Gasteiger charge is -2.36. The van der Waals surface area contributed by atoms with Crippen molar-refractivity contribution in [2.24, 2.45) is 5.41 Å². The Labute approximate surface area is 283 Å². The Morgan fingerprint density at radius 1 is 1.02 bits per heavy atom. The lowest BCUT2D eigenvalue weighted by molar-refractivity contribution is -0.143. The van der Waals surface area contributed by atoms with Gasteiger partial charge in [-0.05, 0) is 88.3 Å². The molecule has 5 rings (SSSR count). The monoisotopic (exact) mass is 658 g/mol. The van der Waals surface area contributed by atoms with Gasteiger partial charge in [-0.1, -0.05) is 32.9 Å². The van der Waals surface area contributed by atoms with Gasteiger partial charge in [-0.2, -0.15) is 0 Å². The van der Waals surface area contributed by atoms with Gasteiger partial charge >= 0.3 is 0 Å². The van der Waals surface area contributed by atoms with Crippen LogP contribution in [0.15, 0.2) is 42.7 Å². The van der Waals surface area contributed by atoms with Crippen molar-refractivity contribution in [2.45, 2.75) is 77.4 Å². The smallest absolute Gasteiger partial charge is 0.247 e. The van der Waals surface area contributed by atoms with Crippen molar-refractivity contribution in [3.05, 3.63) is 48.3 Å². The number of hydrogen-bond donors (Lipinski definition) is 4. The molecule has 4 atom stereocenters. The number of nitrogens with one attached hydrogen (secondary N) is 4. The van der Waals surface area contributed by atoms with E-state index < -0.39 is 23.5 Å². The van der Waals surface area contributed by atoms with Crippen LogP contribution in [0.4, 0.5) is 17.2 Å². The summed E-state index contributed by atoms with van der Waals surface area (Å²) in [5.74, 6) is 0.703. The van der Waals surface area contributed by atoms with Crippen molar-refractivity contribution in [3.63, 3.8) is 0 Å². The number of likely N-dealkylation sites (N-methyl/N-ethyl adjacent to an activating group) is 2. The predicted octanol–water partition coefficient (Wildman–Crippen LogP) is 4.26. The molecule has 0 radical (unpaired) electrons. The number of rotatable bonds is 10. The van der Waals surface area contributed by atoms with E-state index in [9.17, 15) is 14.4 Å². The maximum absolute atomic E-state index is 13.9. The van der Waals surface area contributed by atoms with E-state index in [1.54, 1.807) is 31.0 Å². The SMILES string of the molecule is CNC(C)C(=O)NC(C(=O)N1CCCC1C(=O)Nc1cc2c(Nc3ccc(C4CCCN(C)C4)cc3)ncnc2cc1OC)C(C)(C)C. The number of hydrogen-bond acceptors (Lipinski definition) is 9. The van der Waals surface area contributed by atoms with Gasteiger partial charge in [0.05, 0.1) is 24.4 Å². The Morgan fingerprint density at radius 2 is 1.75 bits per heavy atom. The van der Waals surface area contributed by atoms with Gasteiger partial charge in [0.1, 0.15) is 30.0 Å². The Balaban J connectivity index is 1.35. The Kier molecular flexibility index (Phi) is 10.8. The first kappa shape index (κ1) is 35.0. The first-order valence-corrected chi connectivity index (χ1v) is 16.9. The van der Waals surface area contributed by atoms with Crippen molar-refractivity contribution in [2.75, 3.05) is 51.5 Å². The Hall–Kier alpha value is -4.29. The number of amides is 3. The standard InChI is InChI=1S/C36H50N8O4/c1-22(37-5)33(45)42-31(36(2,3)4)35(47)44-17-9-11-29(44)34(46)41-28-18-26-27(19-30(28)48-7)38-21-39-32(26)40-25-14-12-23(13-15-25)24-10-8-16-43(6)20-24/h12-15,18-19,21-22,24,29,31,37H,8-11,16-17,20H2,1-7H3,(H,41,46)(H,42,45)(H,38,39,40). The maximum atomic E-state index is 13.9. The molecule has 2 aliphatic rings. The molecule has 12 heteroatoms. The highest BCUT2D eigenvalue weighted by atomic mass is 16.5. The van der Waals surface area contributed by atoms with Gasteiger partial charge < -0.3 is 35.8 Å². The number of benzene rings is 2. The maximum Gasteiger partial charge on any atom is 0.247 e. The number of fused-ring (bicyclic) bond motifs is 1. The zero-order valence-electron chi connectivity index (χ0n) is 29.2. The molecular formula is C36H50N8O4. The second-order valence-corrected chi connectivity index (χ2v) is 14.1.